The fourth-order valence-electron chi connectivity index (χ4n) is 3.58. The van der Waals surface area contributed by atoms with Crippen molar-refractivity contribution in [3.63, 3.8) is 0 Å². The van der Waals surface area contributed by atoms with Crippen molar-refractivity contribution in [1.29, 1.82) is 0 Å². The van der Waals surface area contributed by atoms with Crippen LogP contribution < -0.4 is 10.6 Å². The molecule has 1 fully saturated rings. The molecule has 2 N–H and O–H groups in total. The molecule has 3 rings (SSSR count). The molecule has 0 unspecified atom stereocenters. The van der Waals surface area contributed by atoms with Crippen LogP contribution in [0.1, 0.15) is 49.4 Å². The molecule has 2 aromatic rings. The predicted molar refractivity (Wildman–Crippen MR) is 114 cm³/mol. The Bertz CT molecular complexity index is 1050. The second-order valence-corrected chi connectivity index (χ2v) is 9.62. The van der Waals surface area contributed by atoms with Crippen LogP contribution >= 0.6 is 0 Å². The van der Waals surface area contributed by atoms with Crippen LogP contribution in [0.25, 0.3) is 0 Å². The van der Waals surface area contributed by atoms with Crippen LogP contribution in [0.15, 0.2) is 47.4 Å². The number of halogens is 1. The number of carbonyl (C=O) groups is 2. The molecular formula is C22H25FN2O4S. The monoisotopic (exact) mass is 432 g/mol. The van der Waals surface area contributed by atoms with Gasteiger partial charge in [-0.15, -0.1) is 0 Å². The highest BCUT2D eigenvalue weighted by Gasteiger charge is 2.23. The summed E-state index contributed by atoms with van der Waals surface area (Å²) in [5.74, 6) is -1.73. The van der Waals surface area contributed by atoms with E-state index in [1.54, 1.807) is 12.1 Å². The molecule has 0 bridgehead atoms. The number of carbonyl (C=O) groups excluding carboxylic acids is 2. The quantitative estimate of drug-likeness (QED) is 0.708. The van der Waals surface area contributed by atoms with Crippen molar-refractivity contribution >= 4 is 33.0 Å². The van der Waals surface area contributed by atoms with Gasteiger partial charge in [0.25, 0.3) is 5.91 Å². The third-order valence-corrected chi connectivity index (χ3v) is 7.09. The molecule has 0 heterocycles. The molecule has 8 heteroatoms. The summed E-state index contributed by atoms with van der Waals surface area (Å²) >= 11 is 0. The minimum absolute atomic E-state index is 0.0106. The van der Waals surface area contributed by atoms with E-state index in [1.165, 1.54) is 31.2 Å². The van der Waals surface area contributed by atoms with Crippen LogP contribution in [-0.2, 0) is 14.6 Å². The van der Waals surface area contributed by atoms with Crippen molar-refractivity contribution in [2.45, 2.75) is 43.9 Å². The maximum Gasteiger partial charge on any atom is 0.256 e. The summed E-state index contributed by atoms with van der Waals surface area (Å²) in [4.78, 5) is 25.1. The number of hydrogen-bond acceptors (Lipinski definition) is 4. The van der Waals surface area contributed by atoms with Crippen LogP contribution in [0.3, 0.4) is 0 Å². The van der Waals surface area contributed by atoms with Crippen LogP contribution in [0.2, 0.25) is 0 Å². The molecule has 1 aliphatic rings. The summed E-state index contributed by atoms with van der Waals surface area (Å²) in [6, 6.07) is 9.79. The van der Waals surface area contributed by atoms with Crippen LogP contribution in [0.4, 0.5) is 15.8 Å². The Labute approximate surface area is 175 Å². The van der Waals surface area contributed by atoms with Gasteiger partial charge >= 0.3 is 0 Å². The third kappa shape index (κ3) is 5.05. The first-order chi connectivity index (χ1) is 14.3. The van der Waals surface area contributed by atoms with Gasteiger partial charge in [-0.25, -0.2) is 12.8 Å². The second kappa shape index (κ2) is 9.38. The van der Waals surface area contributed by atoms with E-state index < -0.39 is 21.6 Å². The van der Waals surface area contributed by atoms with Crippen molar-refractivity contribution in [3.05, 3.63) is 53.8 Å². The zero-order valence-corrected chi connectivity index (χ0v) is 17.6. The smallest absolute Gasteiger partial charge is 0.256 e. The predicted octanol–water partition coefficient (Wildman–Crippen LogP) is 4.39. The molecule has 160 valence electrons. The third-order valence-electron chi connectivity index (χ3n) is 5.30. The lowest BCUT2D eigenvalue weighted by Crippen LogP contribution is -2.25. The number of nitrogens with one attached hydrogen (secondary N) is 2. The van der Waals surface area contributed by atoms with E-state index in [-0.39, 0.29) is 39.4 Å². The number of anilines is 2. The van der Waals surface area contributed by atoms with Crippen molar-refractivity contribution in [2.75, 3.05) is 16.4 Å². The first-order valence-corrected chi connectivity index (χ1v) is 11.7. The Morgan fingerprint density at radius 1 is 1.03 bits per heavy atom. The highest BCUT2D eigenvalue weighted by molar-refractivity contribution is 7.91. The minimum Gasteiger partial charge on any atom is -0.323 e. The molecule has 1 saturated carbocycles. The van der Waals surface area contributed by atoms with Crippen molar-refractivity contribution in [2.24, 2.45) is 5.92 Å². The average molecular weight is 433 g/mol. The van der Waals surface area contributed by atoms with E-state index in [2.05, 4.69) is 10.6 Å². The van der Waals surface area contributed by atoms with Crippen LogP contribution in [0.5, 0.6) is 0 Å². The molecule has 0 radical (unpaired) electrons. The van der Waals surface area contributed by atoms with Gasteiger partial charge in [0, 0.05) is 11.6 Å². The van der Waals surface area contributed by atoms with Gasteiger partial charge in [0.05, 0.1) is 21.9 Å². The zero-order valence-electron chi connectivity index (χ0n) is 16.8. The summed E-state index contributed by atoms with van der Waals surface area (Å²) in [7, 11) is -3.59. The molecule has 0 saturated heterocycles. The molecule has 0 aliphatic heterocycles. The largest absolute Gasteiger partial charge is 0.323 e. The molecule has 2 aromatic carbocycles. The van der Waals surface area contributed by atoms with E-state index >= 15 is 0 Å². The summed E-state index contributed by atoms with van der Waals surface area (Å²) < 4.78 is 38.8. The SMILES string of the molecule is CCS(=O)(=O)c1ccccc1C(=O)Nc1ccc(F)c(NC(=O)C2CCCCC2)c1. The summed E-state index contributed by atoms with van der Waals surface area (Å²) in [5, 5.41) is 5.21. The van der Waals surface area contributed by atoms with Crippen molar-refractivity contribution in [1.82, 2.24) is 0 Å². The maximum absolute atomic E-state index is 14.2. The lowest BCUT2D eigenvalue weighted by atomic mass is 9.88. The normalized spacial score (nSPS) is 14.9. The van der Waals surface area contributed by atoms with Crippen molar-refractivity contribution < 1.29 is 22.4 Å². The van der Waals surface area contributed by atoms with Crippen LogP contribution in [0, 0.1) is 11.7 Å². The van der Waals surface area contributed by atoms with Gasteiger partial charge in [0.15, 0.2) is 9.84 Å². The van der Waals surface area contributed by atoms with Gasteiger partial charge in [-0.2, -0.15) is 0 Å². The highest BCUT2D eigenvalue weighted by atomic mass is 32.2. The first kappa shape index (κ1) is 22.0. The molecule has 2 amide bonds. The lowest BCUT2D eigenvalue weighted by molar-refractivity contribution is -0.120. The fourth-order valence-corrected chi connectivity index (χ4v) is 4.67. The number of benzene rings is 2. The summed E-state index contributed by atoms with van der Waals surface area (Å²) in [5.41, 5.74) is 0.248. The van der Waals surface area contributed by atoms with E-state index in [4.69, 9.17) is 0 Å². The van der Waals surface area contributed by atoms with Gasteiger partial charge in [0.2, 0.25) is 5.91 Å². The molecule has 6 nitrogen and oxygen atoms in total. The summed E-state index contributed by atoms with van der Waals surface area (Å²) in [6.45, 7) is 1.51. The molecule has 0 aromatic heterocycles. The maximum atomic E-state index is 14.2. The molecule has 1 aliphatic carbocycles. The van der Waals surface area contributed by atoms with E-state index in [9.17, 15) is 22.4 Å². The number of rotatable bonds is 6. The Hall–Kier alpha value is -2.74. The second-order valence-electron chi connectivity index (χ2n) is 7.37. The highest BCUT2D eigenvalue weighted by Crippen LogP contribution is 2.27. The summed E-state index contributed by atoms with van der Waals surface area (Å²) in [6.07, 6.45) is 4.64. The molecule has 30 heavy (non-hydrogen) atoms. The van der Waals surface area contributed by atoms with Crippen LogP contribution in [-0.4, -0.2) is 26.0 Å². The number of hydrogen-bond donors (Lipinski definition) is 2. The molecule has 0 spiro atoms. The van der Waals surface area contributed by atoms with Crippen molar-refractivity contribution in [3.8, 4) is 0 Å². The van der Waals surface area contributed by atoms with E-state index in [1.807, 2.05) is 0 Å². The zero-order chi connectivity index (χ0) is 21.7. The van der Waals surface area contributed by atoms with Gasteiger partial charge < -0.3 is 10.6 Å². The van der Waals surface area contributed by atoms with E-state index in [0.717, 1.165) is 38.2 Å². The number of amides is 2. The standard InChI is InChI=1S/C22H25FN2O4S/c1-2-30(28,29)20-11-7-6-10-17(20)22(27)24-16-12-13-18(23)19(14-16)25-21(26)15-8-4-3-5-9-15/h6-7,10-15H,2-5,8-9H2,1H3,(H,24,27)(H,25,26). The van der Waals surface area contributed by atoms with E-state index in [0.29, 0.717) is 0 Å². The average Bonchev–Trinajstić information content (AvgIpc) is 2.76. The Morgan fingerprint density at radius 2 is 1.73 bits per heavy atom. The fraction of sp³-hybridized carbons (Fsp3) is 0.364. The topological polar surface area (TPSA) is 92.3 Å². The molecule has 0 atom stereocenters. The Balaban J connectivity index is 1.79. The first-order valence-electron chi connectivity index (χ1n) is 10.1. The lowest BCUT2D eigenvalue weighted by Gasteiger charge is -2.21. The Kier molecular flexibility index (Phi) is 6.87. The Morgan fingerprint density at radius 3 is 2.43 bits per heavy atom. The van der Waals surface area contributed by atoms with Gasteiger partial charge in [-0.1, -0.05) is 38.3 Å². The minimum atomic E-state index is -3.59. The molecular weight excluding hydrogens is 407 g/mol. The van der Waals surface area contributed by atoms with Gasteiger partial charge in [-0.3, -0.25) is 9.59 Å². The van der Waals surface area contributed by atoms with Gasteiger partial charge in [0.1, 0.15) is 5.82 Å². The van der Waals surface area contributed by atoms with Gasteiger partial charge in [-0.05, 0) is 43.2 Å². The number of sulfone groups is 1.